The van der Waals surface area contributed by atoms with E-state index in [9.17, 15) is 9.90 Å². The summed E-state index contributed by atoms with van der Waals surface area (Å²) in [5, 5.41) is 10.2. The zero-order valence-electron chi connectivity index (χ0n) is 18.8. The van der Waals surface area contributed by atoms with Gasteiger partial charge in [-0.05, 0) is 38.8 Å². The second-order valence-electron chi connectivity index (χ2n) is 7.64. The molecule has 0 bridgehead atoms. The maximum atomic E-state index is 12.7. The van der Waals surface area contributed by atoms with Crippen LogP contribution in [-0.2, 0) is 9.53 Å². The molecule has 1 aromatic heterocycles. The Morgan fingerprint density at radius 1 is 1.19 bits per heavy atom. The van der Waals surface area contributed by atoms with E-state index in [2.05, 4.69) is 11.9 Å². The van der Waals surface area contributed by atoms with Gasteiger partial charge in [0.15, 0.2) is 11.5 Å². The molecule has 1 heterocycles. The highest BCUT2D eigenvalue weighted by molar-refractivity contribution is 7.80. The van der Waals surface area contributed by atoms with E-state index in [1.165, 1.54) is 13.3 Å². The van der Waals surface area contributed by atoms with Gasteiger partial charge in [-0.25, -0.2) is 0 Å². The SMILES string of the molecule is CCC[C@@H](Oc1ccc(C)cc1)[C@H](C)OC(=O)[C@H](C)CC(=S)c1nccc(OC)c1O. The van der Waals surface area contributed by atoms with E-state index >= 15 is 0 Å². The molecule has 0 aliphatic heterocycles. The number of aryl methyl sites for hydroxylation is 1. The summed E-state index contributed by atoms with van der Waals surface area (Å²) in [4.78, 5) is 17.2. The molecule has 0 spiro atoms. The van der Waals surface area contributed by atoms with Gasteiger partial charge in [0.1, 0.15) is 23.7 Å². The summed E-state index contributed by atoms with van der Waals surface area (Å²) < 4.78 is 16.9. The molecule has 1 N–H and O–H groups in total. The Bertz CT molecular complexity index is 884. The van der Waals surface area contributed by atoms with Gasteiger partial charge in [-0.2, -0.15) is 0 Å². The fraction of sp³-hybridized carbons (Fsp3) is 0.458. The summed E-state index contributed by atoms with van der Waals surface area (Å²) in [6.45, 7) is 7.67. The van der Waals surface area contributed by atoms with Crippen molar-refractivity contribution in [1.82, 2.24) is 4.98 Å². The van der Waals surface area contributed by atoms with Gasteiger partial charge in [0.05, 0.1) is 13.0 Å². The molecule has 0 aliphatic rings. The number of nitrogens with zero attached hydrogens (tertiary/aromatic N) is 1. The lowest BCUT2D eigenvalue weighted by molar-refractivity contribution is -0.157. The molecule has 0 saturated heterocycles. The topological polar surface area (TPSA) is 77.9 Å². The molecule has 6 nitrogen and oxygen atoms in total. The van der Waals surface area contributed by atoms with Gasteiger partial charge in [0.25, 0.3) is 0 Å². The van der Waals surface area contributed by atoms with E-state index in [1.54, 1.807) is 13.0 Å². The molecule has 0 aliphatic carbocycles. The lowest BCUT2D eigenvalue weighted by Crippen LogP contribution is -2.35. The van der Waals surface area contributed by atoms with Gasteiger partial charge in [-0.15, -0.1) is 0 Å². The number of benzene rings is 1. The number of carbonyl (C=O) groups is 1. The van der Waals surface area contributed by atoms with E-state index in [1.807, 2.05) is 38.1 Å². The van der Waals surface area contributed by atoms with Gasteiger partial charge in [0, 0.05) is 17.1 Å². The predicted molar refractivity (Wildman–Crippen MR) is 124 cm³/mol. The van der Waals surface area contributed by atoms with Crippen LogP contribution in [0.5, 0.6) is 17.2 Å². The molecular formula is C24H31NO5S. The lowest BCUT2D eigenvalue weighted by Gasteiger charge is -2.26. The van der Waals surface area contributed by atoms with Crippen LogP contribution < -0.4 is 9.47 Å². The fourth-order valence-electron chi connectivity index (χ4n) is 3.10. The van der Waals surface area contributed by atoms with Crippen LogP contribution in [0.2, 0.25) is 0 Å². The Morgan fingerprint density at radius 2 is 1.87 bits per heavy atom. The highest BCUT2D eigenvalue weighted by Gasteiger charge is 2.26. The minimum absolute atomic E-state index is 0.126. The van der Waals surface area contributed by atoms with Crippen molar-refractivity contribution in [2.24, 2.45) is 5.92 Å². The molecule has 168 valence electrons. The lowest BCUT2D eigenvalue weighted by atomic mass is 10.0. The van der Waals surface area contributed by atoms with Crippen LogP contribution in [0.3, 0.4) is 0 Å². The fourth-order valence-corrected chi connectivity index (χ4v) is 3.50. The molecule has 2 rings (SSSR count). The van der Waals surface area contributed by atoms with Crippen molar-refractivity contribution in [3.63, 3.8) is 0 Å². The van der Waals surface area contributed by atoms with Crippen LogP contribution in [0.25, 0.3) is 0 Å². The van der Waals surface area contributed by atoms with Gasteiger partial charge >= 0.3 is 5.97 Å². The second kappa shape index (κ2) is 11.6. The van der Waals surface area contributed by atoms with Crippen LogP contribution in [-0.4, -0.2) is 40.2 Å². The monoisotopic (exact) mass is 445 g/mol. The van der Waals surface area contributed by atoms with Crippen molar-refractivity contribution in [1.29, 1.82) is 0 Å². The van der Waals surface area contributed by atoms with Gasteiger partial charge in [0.2, 0.25) is 0 Å². The Morgan fingerprint density at radius 3 is 2.48 bits per heavy atom. The predicted octanol–water partition coefficient (Wildman–Crippen LogP) is 5.03. The van der Waals surface area contributed by atoms with E-state index in [0.717, 1.165) is 24.2 Å². The Balaban J connectivity index is 1.99. The Labute approximate surface area is 189 Å². The third-order valence-corrected chi connectivity index (χ3v) is 5.33. The highest BCUT2D eigenvalue weighted by Crippen LogP contribution is 2.29. The Hall–Kier alpha value is -2.67. The number of carbonyl (C=O) groups excluding carboxylic acids is 1. The summed E-state index contributed by atoms with van der Waals surface area (Å²) in [6.07, 6.45) is 2.72. The first-order valence-electron chi connectivity index (χ1n) is 10.5. The van der Waals surface area contributed by atoms with Gasteiger partial charge < -0.3 is 19.3 Å². The molecule has 0 fully saturated rings. The molecule has 0 radical (unpaired) electrons. The molecule has 2 aromatic rings. The minimum Gasteiger partial charge on any atom is -0.503 e. The number of hydrogen-bond acceptors (Lipinski definition) is 7. The normalized spacial score (nSPS) is 13.7. The van der Waals surface area contributed by atoms with Crippen molar-refractivity contribution in [2.75, 3.05) is 7.11 Å². The van der Waals surface area contributed by atoms with E-state index < -0.39 is 12.0 Å². The maximum Gasteiger partial charge on any atom is 0.309 e. The van der Waals surface area contributed by atoms with Crippen molar-refractivity contribution in [3.05, 3.63) is 47.8 Å². The summed E-state index contributed by atoms with van der Waals surface area (Å²) in [5.41, 5.74) is 1.40. The highest BCUT2D eigenvalue weighted by atomic mass is 32.1. The zero-order valence-corrected chi connectivity index (χ0v) is 19.6. The number of methoxy groups -OCH3 is 1. The first-order chi connectivity index (χ1) is 14.8. The summed E-state index contributed by atoms with van der Waals surface area (Å²) in [5.74, 6) is 0.0425. The summed E-state index contributed by atoms with van der Waals surface area (Å²) >= 11 is 5.40. The molecule has 3 atom stereocenters. The maximum absolute atomic E-state index is 12.7. The first-order valence-corrected chi connectivity index (χ1v) is 10.9. The molecule has 0 saturated carbocycles. The van der Waals surface area contributed by atoms with Crippen LogP contribution >= 0.6 is 12.2 Å². The third kappa shape index (κ3) is 6.92. The summed E-state index contributed by atoms with van der Waals surface area (Å²) in [7, 11) is 1.45. The van der Waals surface area contributed by atoms with Crippen molar-refractivity contribution >= 4 is 23.1 Å². The van der Waals surface area contributed by atoms with E-state index in [-0.39, 0.29) is 35.7 Å². The largest absolute Gasteiger partial charge is 0.503 e. The molecule has 0 amide bonds. The molecule has 0 unspecified atom stereocenters. The van der Waals surface area contributed by atoms with Crippen LogP contribution in [0.15, 0.2) is 36.5 Å². The van der Waals surface area contributed by atoms with E-state index in [0.29, 0.717) is 4.86 Å². The molecule has 1 aromatic carbocycles. The average molecular weight is 446 g/mol. The number of pyridine rings is 1. The average Bonchev–Trinajstić information content (AvgIpc) is 2.74. The second-order valence-corrected chi connectivity index (χ2v) is 8.13. The molecule has 31 heavy (non-hydrogen) atoms. The zero-order chi connectivity index (χ0) is 23.0. The number of aromatic nitrogens is 1. The van der Waals surface area contributed by atoms with Crippen molar-refractivity contribution in [3.8, 4) is 17.2 Å². The number of thiocarbonyl (C=S) groups is 1. The van der Waals surface area contributed by atoms with Crippen LogP contribution in [0.4, 0.5) is 0 Å². The standard InChI is InChI=1S/C24H31NO5S/c1-6-7-19(30-18-10-8-15(2)9-11-18)17(4)29-24(27)16(3)14-21(31)22-23(26)20(28-5)12-13-25-22/h8-13,16-17,19,26H,6-7,14H2,1-5H3/t16-,17+,19-/m1/s1. The Kier molecular flexibility index (Phi) is 9.24. The van der Waals surface area contributed by atoms with Gasteiger partial charge in [-0.3, -0.25) is 9.78 Å². The number of aromatic hydroxyl groups is 1. The number of ether oxygens (including phenoxy) is 3. The number of esters is 1. The van der Waals surface area contributed by atoms with Crippen LogP contribution in [0.1, 0.15) is 51.3 Å². The number of hydrogen-bond donors (Lipinski definition) is 1. The number of rotatable bonds is 11. The first kappa shape index (κ1) is 24.6. The van der Waals surface area contributed by atoms with Gasteiger partial charge in [-0.1, -0.05) is 50.2 Å². The van der Waals surface area contributed by atoms with Crippen LogP contribution in [0, 0.1) is 12.8 Å². The van der Waals surface area contributed by atoms with Crippen molar-refractivity contribution < 1.29 is 24.1 Å². The minimum atomic E-state index is -0.496. The quantitative estimate of drug-likeness (QED) is 0.295. The van der Waals surface area contributed by atoms with E-state index in [4.69, 9.17) is 26.4 Å². The third-order valence-electron chi connectivity index (χ3n) is 4.97. The smallest absolute Gasteiger partial charge is 0.309 e. The molecular weight excluding hydrogens is 414 g/mol. The summed E-state index contributed by atoms with van der Waals surface area (Å²) in [6, 6.07) is 9.35. The molecule has 7 heteroatoms. The van der Waals surface area contributed by atoms with Crippen molar-refractivity contribution in [2.45, 2.75) is 59.2 Å².